The van der Waals surface area contributed by atoms with Crippen molar-refractivity contribution >= 4 is 44.2 Å². The fourth-order valence-electron chi connectivity index (χ4n) is 3.40. The van der Waals surface area contributed by atoms with Gasteiger partial charge in [0.15, 0.2) is 6.61 Å². The first kappa shape index (κ1) is 18.7. The van der Waals surface area contributed by atoms with E-state index in [1.165, 1.54) is 19.3 Å². The van der Waals surface area contributed by atoms with Gasteiger partial charge in [-0.3, -0.25) is 4.79 Å². The molecule has 3 aromatic rings. The number of pyridine rings is 1. The average molecular weight is 440 g/mol. The molecular formula is C22H22BrN3O2. The lowest BCUT2D eigenvalue weighted by Gasteiger charge is -2.28. The van der Waals surface area contributed by atoms with Gasteiger partial charge in [-0.15, -0.1) is 0 Å². The minimum Gasteiger partial charge on any atom is -0.481 e. The Morgan fingerprint density at radius 1 is 1.04 bits per heavy atom. The van der Waals surface area contributed by atoms with Gasteiger partial charge in [0.25, 0.3) is 5.91 Å². The first-order valence-electron chi connectivity index (χ1n) is 9.52. The van der Waals surface area contributed by atoms with Crippen LogP contribution in [0.5, 0.6) is 5.75 Å². The normalized spacial score (nSPS) is 14.1. The summed E-state index contributed by atoms with van der Waals surface area (Å²) in [7, 11) is 0. The van der Waals surface area contributed by atoms with E-state index in [0.717, 1.165) is 40.0 Å². The maximum Gasteiger partial charge on any atom is 0.262 e. The second-order valence-electron chi connectivity index (χ2n) is 6.89. The quantitative estimate of drug-likeness (QED) is 0.607. The summed E-state index contributed by atoms with van der Waals surface area (Å²) >= 11 is 3.38. The van der Waals surface area contributed by atoms with Gasteiger partial charge in [0.05, 0.1) is 0 Å². The minimum atomic E-state index is -0.202. The molecular weight excluding hydrogens is 418 g/mol. The monoisotopic (exact) mass is 439 g/mol. The van der Waals surface area contributed by atoms with Crippen LogP contribution in [0.15, 0.2) is 59.1 Å². The fraction of sp³-hybridized carbons (Fsp3) is 0.273. The average Bonchev–Trinajstić information content (AvgIpc) is 2.74. The number of halogens is 1. The second-order valence-corrected chi connectivity index (χ2v) is 7.80. The molecule has 0 bridgehead atoms. The Morgan fingerprint density at radius 2 is 1.82 bits per heavy atom. The lowest BCUT2D eigenvalue weighted by molar-refractivity contribution is -0.118. The van der Waals surface area contributed by atoms with Crippen LogP contribution in [-0.4, -0.2) is 30.6 Å². The molecule has 2 heterocycles. The molecule has 0 aliphatic carbocycles. The number of hydrogen-bond donors (Lipinski definition) is 1. The summed E-state index contributed by atoms with van der Waals surface area (Å²) in [5.41, 5.74) is 1.53. The Balaban J connectivity index is 1.48. The highest BCUT2D eigenvalue weighted by Gasteiger charge is 2.14. The van der Waals surface area contributed by atoms with Gasteiger partial charge in [-0.1, -0.05) is 28.1 Å². The SMILES string of the molecule is O=C(COc1cccc2ccc(N3CCCCC3)nc12)Nc1ccc(Br)cc1. The van der Waals surface area contributed by atoms with Gasteiger partial charge in [-0.2, -0.15) is 0 Å². The Morgan fingerprint density at radius 3 is 2.61 bits per heavy atom. The van der Waals surface area contributed by atoms with Gasteiger partial charge < -0.3 is 15.0 Å². The van der Waals surface area contributed by atoms with E-state index >= 15 is 0 Å². The van der Waals surface area contributed by atoms with Crippen molar-refractivity contribution in [2.24, 2.45) is 0 Å². The highest BCUT2D eigenvalue weighted by Crippen LogP contribution is 2.27. The maximum atomic E-state index is 12.2. The highest BCUT2D eigenvalue weighted by molar-refractivity contribution is 9.10. The van der Waals surface area contributed by atoms with E-state index in [4.69, 9.17) is 9.72 Å². The van der Waals surface area contributed by atoms with Crippen LogP contribution < -0.4 is 15.0 Å². The number of piperidine rings is 1. The Labute approximate surface area is 172 Å². The first-order valence-corrected chi connectivity index (χ1v) is 10.3. The predicted molar refractivity (Wildman–Crippen MR) is 116 cm³/mol. The molecule has 1 N–H and O–H groups in total. The number of amides is 1. The number of aromatic nitrogens is 1. The number of rotatable bonds is 5. The molecule has 6 heteroatoms. The lowest BCUT2D eigenvalue weighted by Crippen LogP contribution is -2.30. The molecule has 5 nitrogen and oxygen atoms in total. The van der Waals surface area contributed by atoms with Crippen molar-refractivity contribution in [3.8, 4) is 5.75 Å². The number of benzene rings is 2. The van der Waals surface area contributed by atoms with Gasteiger partial charge >= 0.3 is 0 Å². The summed E-state index contributed by atoms with van der Waals surface area (Å²) in [6.45, 7) is 2.01. The molecule has 1 aliphatic rings. The summed E-state index contributed by atoms with van der Waals surface area (Å²) in [6, 6.07) is 17.4. The number of carbonyl (C=O) groups is 1. The van der Waals surface area contributed by atoms with Crippen molar-refractivity contribution in [3.05, 3.63) is 59.1 Å². The molecule has 1 aliphatic heterocycles. The summed E-state index contributed by atoms with van der Waals surface area (Å²) in [5.74, 6) is 1.40. The fourth-order valence-corrected chi connectivity index (χ4v) is 3.66. The summed E-state index contributed by atoms with van der Waals surface area (Å²) in [4.78, 5) is 19.4. The van der Waals surface area contributed by atoms with Gasteiger partial charge in [0.1, 0.15) is 17.1 Å². The Bertz CT molecular complexity index is 969. The van der Waals surface area contributed by atoms with Crippen LogP contribution in [0.4, 0.5) is 11.5 Å². The van der Waals surface area contributed by atoms with Gasteiger partial charge in [-0.05, 0) is 61.7 Å². The standard InChI is InChI=1S/C22H22BrN3O2/c23-17-8-10-18(11-9-17)24-21(27)15-28-19-6-4-5-16-7-12-20(25-22(16)19)26-13-2-1-3-14-26/h4-12H,1-3,13-15H2,(H,24,27). The molecule has 1 aromatic heterocycles. The van der Waals surface area contributed by atoms with E-state index < -0.39 is 0 Å². The molecule has 0 spiro atoms. The molecule has 28 heavy (non-hydrogen) atoms. The van der Waals surface area contributed by atoms with Gasteiger partial charge in [0.2, 0.25) is 0 Å². The molecule has 0 saturated carbocycles. The number of carbonyl (C=O) groups excluding carboxylic acids is 1. The smallest absolute Gasteiger partial charge is 0.262 e. The van der Waals surface area contributed by atoms with Crippen LogP contribution in [0.25, 0.3) is 10.9 Å². The number of para-hydroxylation sites is 1. The Kier molecular flexibility index (Phi) is 5.76. The maximum absolute atomic E-state index is 12.2. The van der Waals surface area contributed by atoms with Crippen molar-refractivity contribution in [1.82, 2.24) is 4.98 Å². The third-order valence-electron chi connectivity index (χ3n) is 4.84. The first-order chi connectivity index (χ1) is 13.7. The molecule has 1 amide bonds. The largest absolute Gasteiger partial charge is 0.481 e. The molecule has 0 atom stereocenters. The van der Waals surface area contributed by atoms with E-state index in [9.17, 15) is 4.79 Å². The number of hydrogen-bond acceptors (Lipinski definition) is 4. The van der Waals surface area contributed by atoms with E-state index in [-0.39, 0.29) is 12.5 Å². The van der Waals surface area contributed by atoms with Crippen molar-refractivity contribution in [3.63, 3.8) is 0 Å². The molecule has 144 valence electrons. The number of ether oxygens (including phenoxy) is 1. The van der Waals surface area contributed by atoms with Crippen LogP contribution in [0, 0.1) is 0 Å². The number of anilines is 2. The van der Waals surface area contributed by atoms with E-state index in [1.807, 2.05) is 42.5 Å². The van der Waals surface area contributed by atoms with E-state index in [2.05, 4.69) is 38.3 Å². The molecule has 1 saturated heterocycles. The third-order valence-corrected chi connectivity index (χ3v) is 5.36. The minimum absolute atomic E-state index is 0.0647. The molecule has 1 fully saturated rings. The molecule has 4 rings (SSSR count). The number of fused-ring (bicyclic) bond motifs is 1. The van der Waals surface area contributed by atoms with Crippen molar-refractivity contribution in [1.29, 1.82) is 0 Å². The van der Waals surface area contributed by atoms with Crippen LogP contribution in [0.1, 0.15) is 19.3 Å². The van der Waals surface area contributed by atoms with Crippen LogP contribution in [0.2, 0.25) is 0 Å². The molecule has 2 aromatic carbocycles. The third kappa shape index (κ3) is 4.44. The lowest BCUT2D eigenvalue weighted by atomic mass is 10.1. The zero-order valence-corrected chi connectivity index (χ0v) is 17.1. The summed E-state index contributed by atoms with van der Waals surface area (Å²) < 4.78 is 6.78. The summed E-state index contributed by atoms with van der Waals surface area (Å²) in [5, 5.41) is 3.84. The summed E-state index contributed by atoms with van der Waals surface area (Å²) in [6.07, 6.45) is 3.69. The highest BCUT2D eigenvalue weighted by atomic mass is 79.9. The molecule has 0 unspecified atom stereocenters. The van der Waals surface area contributed by atoms with Gasteiger partial charge in [0, 0.05) is 28.6 Å². The van der Waals surface area contributed by atoms with Crippen molar-refractivity contribution < 1.29 is 9.53 Å². The zero-order chi connectivity index (χ0) is 19.3. The van der Waals surface area contributed by atoms with Gasteiger partial charge in [-0.25, -0.2) is 4.98 Å². The van der Waals surface area contributed by atoms with Crippen LogP contribution in [-0.2, 0) is 4.79 Å². The Hall–Kier alpha value is -2.60. The molecule has 0 radical (unpaired) electrons. The van der Waals surface area contributed by atoms with E-state index in [1.54, 1.807) is 0 Å². The van der Waals surface area contributed by atoms with E-state index in [0.29, 0.717) is 5.75 Å². The van der Waals surface area contributed by atoms with Crippen molar-refractivity contribution in [2.75, 3.05) is 29.9 Å². The van der Waals surface area contributed by atoms with Crippen LogP contribution >= 0.6 is 15.9 Å². The predicted octanol–water partition coefficient (Wildman–Crippen LogP) is 5.01. The second kappa shape index (κ2) is 8.61. The van der Waals surface area contributed by atoms with Crippen molar-refractivity contribution in [2.45, 2.75) is 19.3 Å². The number of nitrogens with zero attached hydrogens (tertiary/aromatic N) is 2. The van der Waals surface area contributed by atoms with Crippen LogP contribution in [0.3, 0.4) is 0 Å². The topological polar surface area (TPSA) is 54.5 Å². The zero-order valence-electron chi connectivity index (χ0n) is 15.5. The number of nitrogens with one attached hydrogen (secondary N) is 1.